The maximum absolute atomic E-state index is 11.8. The van der Waals surface area contributed by atoms with Crippen molar-refractivity contribution in [3.63, 3.8) is 0 Å². The second-order valence-electron chi connectivity index (χ2n) is 7.24. The third-order valence-corrected chi connectivity index (χ3v) is 5.14. The van der Waals surface area contributed by atoms with Gasteiger partial charge in [-0.15, -0.1) is 0 Å². The first-order valence-corrected chi connectivity index (χ1v) is 11.0. The van der Waals surface area contributed by atoms with Gasteiger partial charge in [-0.1, -0.05) is 29.8 Å². The lowest BCUT2D eigenvalue weighted by Crippen LogP contribution is -2.09. The van der Waals surface area contributed by atoms with Crippen molar-refractivity contribution in [2.24, 2.45) is 0 Å². The van der Waals surface area contributed by atoms with Gasteiger partial charge in [0, 0.05) is 10.6 Å². The predicted molar refractivity (Wildman–Crippen MR) is 130 cm³/mol. The average Bonchev–Trinajstić information content (AvgIpc) is 2.84. The fourth-order valence-electron chi connectivity index (χ4n) is 3.32. The Balaban J connectivity index is 1.54. The van der Waals surface area contributed by atoms with Crippen LogP contribution in [0.4, 0.5) is 0 Å². The minimum atomic E-state index is -1.08. The molecule has 0 aliphatic rings. The van der Waals surface area contributed by atoms with Gasteiger partial charge in [-0.05, 0) is 73.7 Å². The van der Waals surface area contributed by atoms with Gasteiger partial charge in [0.15, 0.2) is 0 Å². The van der Waals surface area contributed by atoms with Crippen molar-refractivity contribution in [2.45, 2.75) is 13.5 Å². The number of nitrogens with zero attached hydrogens (tertiary/aromatic N) is 1. The van der Waals surface area contributed by atoms with E-state index in [2.05, 4.69) is 4.98 Å². The molecule has 1 aromatic heterocycles. The van der Waals surface area contributed by atoms with E-state index in [-0.39, 0.29) is 12.2 Å². The van der Waals surface area contributed by atoms with Crippen LogP contribution in [0.5, 0.6) is 23.0 Å². The number of carboxylic acid groups (broad SMARTS) is 1. The van der Waals surface area contributed by atoms with Gasteiger partial charge in [0.2, 0.25) is 0 Å². The number of hydrogen-bond donors (Lipinski definition) is 1. The first kappa shape index (κ1) is 23.1. The van der Waals surface area contributed by atoms with E-state index < -0.39 is 5.97 Å². The number of pyridine rings is 1. The van der Waals surface area contributed by atoms with Crippen LogP contribution in [0.1, 0.15) is 23.0 Å². The van der Waals surface area contributed by atoms with Gasteiger partial charge in [0.1, 0.15) is 29.6 Å². The van der Waals surface area contributed by atoms with Gasteiger partial charge in [0.25, 0.3) is 0 Å². The van der Waals surface area contributed by atoms with Crippen molar-refractivity contribution < 1.29 is 24.1 Å². The van der Waals surface area contributed by atoms with E-state index in [1.165, 1.54) is 6.07 Å². The molecule has 0 bridgehead atoms. The summed E-state index contributed by atoms with van der Waals surface area (Å²) in [6.07, 6.45) is 0. The normalized spacial score (nSPS) is 10.5. The average molecular weight is 476 g/mol. The summed E-state index contributed by atoms with van der Waals surface area (Å²) in [7, 11) is 0. The Kier molecular flexibility index (Phi) is 7.30. The molecule has 0 aliphatic heterocycles. The molecule has 6 nitrogen and oxygen atoms in total. The molecule has 0 atom stereocenters. The summed E-state index contributed by atoms with van der Waals surface area (Å²) in [6.45, 7) is 2.31. The van der Waals surface area contributed by atoms with Crippen LogP contribution in [0.25, 0.3) is 11.3 Å². The highest BCUT2D eigenvalue weighted by atomic mass is 35.5. The molecule has 0 aliphatic carbocycles. The summed E-state index contributed by atoms with van der Waals surface area (Å²) in [6, 6.07) is 25.0. The van der Waals surface area contributed by atoms with Crippen molar-refractivity contribution in [1.82, 2.24) is 4.98 Å². The molecule has 0 amide bonds. The monoisotopic (exact) mass is 475 g/mol. The largest absolute Gasteiger partial charge is 0.493 e. The highest BCUT2D eigenvalue weighted by Crippen LogP contribution is 2.32. The van der Waals surface area contributed by atoms with E-state index in [0.29, 0.717) is 45.8 Å². The molecular weight excluding hydrogens is 454 g/mol. The number of carbonyl (C=O) groups is 1. The molecule has 4 aromatic rings. The number of ether oxygens (including phenoxy) is 3. The molecule has 172 valence electrons. The summed E-state index contributed by atoms with van der Waals surface area (Å²) < 4.78 is 17.3. The molecule has 1 heterocycles. The van der Waals surface area contributed by atoms with Crippen molar-refractivity contribution >= 4 is 17.6 Å². The number of para-hydroxylation sites is 1. The molecule has 7 heteroatoms. The van der Waals surface area contributed by atoms with E-state index in [1.54, 1.807) is 48.5 Å². The van der Waals surface area contributed by atoms with Crippen LogP contribution >= 0.6 is 11.6 Å². The zero-order valence-corrected chi connectivity index (χ0v) is 19.2. The molecule has 1 N–H and O–H groups in total. The Morgan fingerprint density at radius 2 is 1.59 bits per heavy atom. The molecular formula is C27H22ClNO5. The highest BCUT2D eigenvalue weighted by molar-refractivity contribution is 6.30. The van der Waals surface area contributed by atoms with Crippen LogP contribution in [-0.2, 0) is 6.61 Å². The zero-order valence-electron chi connectivity index (χ0n) is 18.4. The van der Waals surface area contributed by atoms with E-state index in [4.69, 9.17) is 25.8 Å². The molecule has 4 rings (SSSR count). The molecule has 0 saturated carbocycles. The van der Waals surface area contributed by atoms with E-state index >= 15 is 0 Å². The fraction of sp³-hybridized carbons (Fsp3) is 0.111. The van der Waals surface area contributed by atoms with Crippen LogP contribution < -0.4 is 14.2 Å². The Morgan fingerprint density at radius 3 is 2.29 bits per heavy atom. The summed E-state index contributed by atoms with van der Waals surface area (Å²) in [4.78, 5) is 16.3. The van der Waals surface area contributed by atoms with E-state index in [9.17, 15) is 9.90 Å². The second kappa shape index (κ2) is 10.7. The third kappa shape index (κ3) is 5.66. The molecule has 0 unspecified atom stereocenters. The maximum Gasteiger partial charge on any atom is 0.337 e. The summed E-state index contributed by atoms with van der Waals surface area (Å²) >= 11 is 6.10. The molecule has 0 spiro atoms. The van der Waals surface area contributed by atoms with Gasteiger partial charge in [-0.3, -0.25) is 0 Å². The van der Waals surface area contributed by atoms with Crippen LogP contribution in [0.3, 0.4) is 0 Å². The third-order valence-electron chi connectivity index (χ3n) is 4.90. The first-order valence-electron chi connectivity index (χ1n) is 10.6. The van der Waals surface area contributed by atoms with Gasteiger partial charge < -0.3 is 19.3 Å². The Labute approximate surface area is 202 Å². The van der Waals surface area contributed by atoms with Crippen LogP contribution in [0, 0.1) is 0 Å². The number of carboxylic acids is 1. The molecule has 0 saturated heterocycles. The quantitative estimate of drug-likeness (QED) is 0.284. The predicted octanol–water partition coefficient (Wildman–Crippen LogP) is 6.87. The highest BCUT2D eigenvalue weighted by Gasteiger charge is 2.16. The van der Waals surface area contributed by atoms with Gasteiger partial charge >= 0.3 is 5.97 Å². The number of benzene rings is 3. The minimum Gasteiger partial charge on any atom is -0.493 e. The van der Waals surface area contributed by atoms with Gasteiger partial charge in [0.05, 0.1) is 23.6 Å². The molecule has 34 heavy (non-hydrogen) atoms. The van der Waals surface area contributed by atoms with E-state index in [1.807, 2.05) is 37.3 Å². The maximum atomic E-state index is 11.8. The summed E-state index contributed by atoms with van der Waals surface area (Å²) in [5.74, 6) is 1.45. The smallest absolute Gasteiger partial charge is 0.337 e. The summed E-state index contributed by atoms with van der Waals surface area (Å²) in [5, 5.41) is 10.2. The topological polar surface area (TPSA) is 77.9 Å². The van der Waals surface area contributed by atoms with E-state index in [0.717, 1.165) is 5.75 Å². The molecule has 3 aromatic carbocycles. The van der Waals surface area contributed by atoms with Crippen LogP contribution in [0.15, 0.2) is 84.9 Å². The first-order chi connectivity index (χ1) is 16.5. The van der Waals surface area contributed by atoms with Gasteiger partial charge in [-0.25, -0.2) is 9.78 Å². The molecule has 0 fully saturated rings. The number of halogens is 1. The lowest BCUT2D eigenvalue weighted by Gasteiger charge is -2.13. The van der Waals surface area contributed by atoms with Gasteiger partial charge in [-0.2, -0.15) is 0 Å². The lowest BCUT2D eigenvalue weighted by atomic mass is 10.1. The number of hydrogen-bond acceptors (Lipinski definition) is 5. The number of rotatable bonds is 9. The SMILES string of the molecule is CCOc1cc(Cl)ccc1-c1ccc(C(=O)O)c(COc2ccc(Oc3ccccc3)cc2)n1. The number of aromatic carboxylic acids is 1. The standard InChI is InChI=1S/C27H22ClNO5/c1-2-32-26-16-18(28)8-13-22(26)24-15-14-23(27(30)31)25(29-24)17-33-19-9-11-21(12-10-19)34-20-6-4-3-5-7-20/h3-16H,2,17H2,1H3,(H,30,31). The Morgan fingerprint density at radius 1 is 0.882 bits per heavy atom. The van der Waals surface area contributed by atoms with Crippen molar-refractivity contribution in [3.8, 4) is 34.3 Å². The van der Waals surface area contributed by atoms with Crippen LogP contribution in [-0.4, -0.2) is 22.7 Å². The zero-order chi connectivity index (χ0) is 23.9. The number of aromatic nitrogens is 1. The summed E-state index contributed by atoms with van der Waals surface area (Å²) in [5.41, 5.74) is 1.65. The molecule has 0 radical (unpaired) electrons. The van der Waals surface area contributed by atoms with Crippen molar-refractivity contribution in [2.75, 3.05) is 6.61 Å². The Hall–Kier alpha value is -4.03. The van der Waals surface area contributed by atoms with Crippen molar-refractivity contribution in [1.29, 1.82) is 0 Å². The minimum absolute atomic E-state index is 0.0219. The lowest BCUT2D eigenvalue weighted by molar-refractivity contribution is 0.0693. The fourth-order valence-corrected chi connectivity index (χ4v) is 3.48. The Bertz CT molecular complexity index is 1280. The van der Waals surface area contributed by atoms with Crippen LogP contribution in [0.2, 0.25) is 5.02 Å². The second-order valence-corrected chi connectivity index (χ2v) is 7.68. The van der Waals surface area contributed by atoms with Crippen molar-refractivity contribution in [3.05, 3.63) is 101 Å².